The molecule has 1 heterocycles. The number of carbonyl (C=O) groups is 2. The van der Waals surface area contributed by atoms with Crippen LogP contribution in [0.5, 0.6) is 0 Å². The fourth-order valence-corrected chi connectivity index (χ4v) is 3.04. The topological polar surface area (TPSA) is 92.6 Å². The Morgan fingerprint density at radius 1 is 1.19 bits per heavy atom. The zero-order valence-corrected chi connectivity index (χ0v) is 14.1. The monoisotopic (exact) mass is 353 g/mol. The number of benzene rings is 2. The van der Waals surface area contributed by atoms with Gasteiger partial charge in [0.05, 0.1) is 11.0 Å². The summed E-state index contributed by atoms with van der Waals surface area (Å²) in [4.78, 5) is 36.7. The van der Waals surface area contributed by atoms with Crippen LogP contribution in [0.1, 0.15) is 34.8 Å². The van der Waals surface area contributed by atoms with Crippen LogP contribution in [0.15, 0.2) is 54.6 Å². The summed E-state index contributed by atoms with van der Waals surface area (Å²) in [6.07, 6.45) is 1.35. The first-order valence-electron chi connectivity index (χ1n) is 8.42. The zero-order chi connectivity index (χ0) is 18.5. The molecule has 0 radical (unpaired) electrons. The number of amides is 2. The fourth-order valence-electron chi connectivity index (χ4n) is 3.04. The summed E-state index contributed by atoms with van der Waals surface area (Å²) in [6, 6.07) is 14.6. The van der Waals surface area contributed by atoms with Crippen LogP contribution >= 0.6 is 0 Å². The number of carbonyl (C=O) groups excluding carboxylic acids is 2. The SMILES string of the molecule is O=C(NC(CN1CCCC1=O)c1ccccc1)c1cccc([N+](=O)[O-])c1. The number of nitrogens with one attached hydrogen (secondary N) is 1. The van der Waals surface area contributed by atoms with Gasteiger partial charge in [-0.3, -0.25) is 19.7 Å². The van der Waals surface area contributed by atoms with E-state index in [2.05, 4.69) is 5.32 Å². The third kappa shape index (κ3) is 4.05. The van der Waals surface area contributed by atoms with Crippen LogP contribution in [0.25, 0.3) is 0 Å². The van der Waals surface area contributed by atoms with Crippen molar-refractivity contribution in [3.05, 3.63) is 75.8 Å². The van der Waals surface area contributed by atoms with E-state index in [0.29, 0.717) is 19.5 Å². The highest BCUT2D eigenvalue weighted by Crippen LogP contribution is 2.20. The minimum Gasteiger partial charge on any atom is -0.343 e. The summed E-state index contributed by atoms with van der Waals surface area (Å²) >= 11 is 0. The molecule has 0 aromatic heterocycles. The highest BCUT2D eigenvalue weighted by atomic mass is 16.6. The van der Waals surface area contributed by atoms with Gasteiger partial charge in [0.2, 0.25) is 5.91 Å². The van der Waals surface area contributed by atoms with Gasteiger partial charge in [-0.1, -0.05) is 36.4 Å². The predicted octanol–water partition coefficient (Wildman–Crippen LogP) is 2.69. The third-order valence-corrected chi connectivity index (χ3v) is 4.40. The van der Waals surface area contributed by atoms with Gasteiger partial charge < -0.3 is 10.2 Å². The standard InChI is InChI=1S/C19H19N3O4/c23-18-10-5-11-21(18)13-17(14-6-2-1-3-7-14)20-19(24)15-8-4-9-16(12-15)22(25)26/h1-4,6-9,12,17H,5,10-11,13H2,(H,20,24). The normalized spacial score (nSPS) is 14.9. The van der Waals surface area contributed by atoms with E-state index in [1.807, 2.05) is 30.3 Å². The molecule has 0 bridgehead atoms. The second-order valence-corrected chi connectivity index (χ2v) is 6.19. The summed E-state index contributed by atoms with van der Waals surface area (Å²) < 4.78 is 0. The molecule has 2 amide bonds. The average Bonchev–Trinajstić information content (AvgIpc) is 3.06. The van der Waals surface area contributed by atoms with Crippen LogP contribution in [0.4, 0.5) is 5.69 Å². The highest BCUT2D eigenvalue weighted by Gasteiger charge is 2.25. The number of nitrogens with zero attached hydrogens (tertiary/aromatic N) is 2. The van der Waals surface area contributed by atoms with Crippen molar-refractivity contribution in [2.75, 3.05) is 13.1 Å². The van der Waals surface area contributed by atoms with Gasteiger partial charge >= 0.3 is 0 Å². The van der Waals surface area contributed by atoms with E-state index in [1.165, 1.54) is 24.3 Å². The maximum atomic E-state index is 12.6. The summed E-state index contributed by atoms with van der Waals surface area (Å²) in [7, 11) is 0. The van der Waals surface area contributed by atoms with Crippen LogP contribution in [0.2, 0.25) is 0 Å². The molecule has 7 heteroatoms. The molecule has 1 fully saturated rings. The zero-order valence-electron chi connectivity index (χ0n) is 14.1. The molecule has 134 valence electrons. The Kier molecular flexibility index (Phi) is 5.26. The minimum absolute atomic E-state index is 0.0792. The van der Waals surface area contributed by atoms with Crippen LogP contribution in [0, 0.1) is 10.1 Å². The van der Waals surface area contributed by atoms with E-state index in [1.54, 1.807) is 4.90 Å². The van der Waals surface area contributed by atoms with Gasteiger partial charge in [0, 0.05) is 37.2 Å². The Labute approximate surface area is 150 Å². The second-order valence-electron chi connectivity index (χ2n) is 6.19. The maximum absolute atomic E-state index is 12.6. The molecule has 0 aliphatic carbocycles. The quantitative estimate of drug-likeness (QED) is 0.638. The Hall–Kier alpha value is -3.22. The smallest absolute Gasteiger partial charge is 0.270 e. The van der Waals surface area contributed by atoms with Crippen molar-refractivity contribution in [1.29, 1.82) is 0 Å². The Morgan fingerprint density at radius 2 is 1.96 bits per heavy atom. The van der Waals surface area contributed by atoms with Gasteiger partial charge in [-0.2, -0.15) is 0 Å². The molecule has 2 aromatic rings. The van der Waals surface area contributed by atoms with Crippen LogP contribution in [-0.4, -0.2) is 34.7 Å². The van der Waals surface area contributed by atoms with E-state index in [4.69, 9.17) is 0 Å². The number of likely N-dealkylation sites (tertiary alicyclic amines) is 1. The van der Waals surface area contributed by atoms with Crippen molar-refractivity contribution < 1.29 is 14.5 Å². The van der Waals surface area contributed by atoms with Crippen molar-refractivity contribution in [1.82, 2.24) is 10.2 Å². The lowest BCUT2D eigenvalue weighted by atomic mass is 10.1. The molecular weight excluding hydrogens is 334 g/mol. The number of hydrogen-bond donors (Lipinski definition) is 1. The summed E-state index contributed by atoms with van der Waals surface area (Å²) in [6.45, 7) is 1.05. The maximum Gasteiger partial charge on any atom is 0.270 e. The molecule has 1 aliphatic heterocycles. The van der Waals surface area contributed by atoms with E-state index in [9.17, 15) is 19.7 Å². The molecule has 2 aromatic carbocycles. The third-order valence-electron chi connectivity index (χ3n) is 4.40. The molecule has 3 rings (SSSR count). The van der Waals surface area contributed by atoms with Crippen molar-refractivity contribution in [3.63, 3.8) is 0 Å². The van der Waals surface area contributed by atoms with E-state index in [-0.39, 0.29) is 23.2 Å². The molecule has 1 atom stereocenters. The van der Waals surface area contributed by atoms with E-state index < -0.39 is 10.8 Å². The van der Waals surface area contributed by atoms with Gasteiger partial charge in [0.25, 0.3) is 11.6 Å². The average molecular weight is 353 g/mol. The summed E-state index contributed by atoms with van der Waals surface area (Å²) in [5.74, 6) is -0.329. The summed E-state index contributed by atoms with van der Waals surface area (Å²) in [5, 5.41) is 13.8. The van der Waals surface area contributed by atoms with Crippen molar-refractivity contribution >= 4 is 17.5 Å². The highest BCUT2D eigenvalue weighted by molar-refractivity contribution is 5.95. The molecule has 0 spiro atoms. The van der Waals surface area contributed by atoms with Crippen LogP contribution in [-0.2, 0) is 4.79 Å². The van der Waals surface area contributed by atoms with Gasteiger partial charge in [-0.25, -0.2) is 0 Å². The first-order valence-corrected chi connectivity index (χ1v) is 8.42. The first-order chi connectivity index (χ1) is 12.5. The molecule has 1 N–H and O–H groups in total. The summed E-state index contributed by atoms with van der Waals surface area (Å²) in [5.41, 5.74) is 0.961. The molecule has 1 aliphatic rings. The first kappa shape index (κ1) is 17.6. The van der Waals surface area contributed by atoms with Gasteiger partial charge in [0.1, 0.15) is 0 Å². The van der Waals surface area contributed by atoms with E-state index in [0.717, 1.165) is 12.0 Å². The minimum atomic E-state index is -0.533. The largest absolute Gasteiger partial charge is 0.343 e. The molecule has 7 nitrogen and oxygen atoms in total. The second kappa shape index (κ2) is 7.77. The number of rotatable bonds is 6. The Morgan fingerprint density at radius 3 is 2.62 bits per heavy atom. The number of nitro groups is 1. The molecule has 0 saturated carbocycles. The lowest BCUT2D eigenvalue weighted by Crippen LogP contribution is -2.38. The van der Waals surface area contributed by atoms with Gasteiger partial charge in [0.15, 0.2) is 0 Å². The Balaban J connectivity index is 1.80. The molecule has 1 unspecified atom stereocenters. The van der Waals surface area contributed by atoms with Crippen molar-refractivity contribution in [3.8, 4) is 0 Å². The van der Waals surface area contributed by atoms with Crippen LogP contribution in [0.3, 0.4) is 0 Å². The number of nitro benzene ring substituents is 1. The van der Waals surface area contributed by atoms with Crippen molar-refractivity contribution in [2.45, 2.75) is 18.9 Å². The lowest BCUT2D eigenvalue weighted by molar-refractivity contribution is -0.384. The van der Waals surface area contributed by atoms with Crippen LogP contribution < -0.4 is 5.32 Å². The van der Waals surface area contributed by atoms with E-state index >= 15 is 0 Å². The fraction of sp³-hybridized carbons (Fsp3) is 0.263. The number of hydrogen-bond acceptors (Lipinski definition) is 4. The Bertz CT molecular complexity index is 823. The van der Waals surface area contributed by atoms with Crippen molar-refractivity contribution in [2.24, 2.45) is 0 Å². The van der Waals surface area contributed by atoms with Gasteiger partial charge in [-0.05, 0) is 18.1 Å². The lowest BCUT2D eigenvalue weighted by Gasteiger charge is -2.25. The molecular formula is C19H19N3O4. The molecule has 1 saturated heterocycles. The predicted molar refractivity (Wildman–Crippen MR) is 95.6 cm³/mol. The number of non-ortho nitro benzene ring substituents is 1. The molecule has 26 heavy (non-hydrogen) atoms. The van der Waals surface area contributed by atoms with Gasteiger partial charge in [-0.15, -0.1) is 0 Å².